The number of phosphoric acid groups is 1. The van der Waals surface area contributed by atoms with E-state index in [4.69, 9.17) is 9.05 Å². The molecule has 3 N–H and O–H groups in total. The third-order valence-electron chi connectivity index (χ3n) is 9.27. The van der Waals surface area contributed by atoms with Gasteiger partial charge in [-0.2, -0.15) is 0 Å². The van der Waals surface area contributed by atoms with Gasteiger partial charge in [0.15, 0.2) is 0 Å². The van der Waals surface area contributed by atoms with Crippen LogP contribution in [-0.4, -0.2) is 73.4 Å². The zero-order chi connectivity index (χ0) is 39.3. The van der Waals surface area contributed by atoms with E-state index in [1.807, 2.05) is 27.2 Å². The van der Waals surface area contributed by atoms with Gasteiger partial charge in [0.25, 0.3) is 0 Å². The summed E-state index contributed by atoms with van der Waals surface area (Å²) in [5.41, 5.74) is 0. The highest BCUT2D eigenvalue weighted by atomic mass is 31.2. The van der Waals surface area contributed by atoms with Crippen molar-refractivity contribution in [3.05, 3.63) is 48.6 Å². The molecule has 0 spiro atoms. The van der Waals surface area contributed by atoms with Crippen LogP contribution in [0, 0.1) is 0 Å². The standard InChI is InChI=1S/C44H83N2O6P/c1-6-8-10-12-14-16-18-20-22-24-25-27-29-31-33-35-37-43(47)42(41-52-53(49,50)51-40-39-46(3,4)5)45-44(48)38-36-34-32-30-28-26-23-21-19-17-15-13-11-9-7-2/h15,17,21,23,27,29,35,37,42-43,47H,6-14,16,18-20,22,24-26,28,30-34,36,38-41H2,1-5H3,(H-,45,48,49,50)/p+1/b17-15+,23-21+,29-27+,37-35+/t42-,43+/m0/s1. The van der Waals surface area contributed by atoms with E-state index in [9.17, 15) is 19.4 Å². The van der Waals surface area contributed by atoms with Gasteiger partial charge in [0.1, 0.15) is 13.2 Å². The Hall–Kier alpha value is -1.54. The molecule has 0 radical (unpaired) electrons. The number of hydrogen-bond donors (Lipinski definition) is 3. The topological polar surface area (TPSA) is 105 Å². The first-order valence-corrected chi connectivity index (χ1v) is 23.0. The SMILES string of the molecule is CCCCC/C=C/C/C=C/CCCCCCCC(=O)N[C@@H](COP(=O)(O)OCC[N+](C)(C)C)[C@H](O)/C=C/CC/C=C/CCCCCCCCCCCC. The number of unbranched alkanes of at least 4 members (excludes halogenated alkanes) is 19. The fraction of sp³-hybridized carbons (Fsp3) is 0.795. The number of allylic oxidation sites excluding steroid dienone is 7. The van der Waals surface area contributed by atoms with E-state index in [1.165, 1.54) is 89.9 Å². The number of carbonyl (C=O) groups is 1. The van der Waals surface area contributed by atoms with Gasteiger partial charge in [0.2, 0.25) is 5.91 Å². The molecule has 0 aliphatic carbocycles. The Morgan fingerprint density at radius 2 is 1.09 bits per heavy atom. The van der Waals surface area contributed by atoms with Crippen molar-refractivity contribution in [3.8, 4) is 0 Å². The molecule has 3 atom stereocenters. The molecule has 0 aromatic carbocycles. The quantitative estimate of drug-likeness (QED) is 0.0250. The summed E-state index contributed by atoms with van der Waals surface area (Å²) in [5.74, 6) is -0.203. The van der Waals surface area contributed by atoms with E-state index in [-0.39, 0.29) is 19.1 Å². The molecule has 0 aliphatic heterocycles. The van der Waals surface area contributed by atoms with Gasteiger partial charge in [-0.3, -0.25) is 13.8 Å². The molecule has 0 heterocycles. The van der Waals surface area contributed by atoms with E-state index < -0.39 is 20.0 Å². The van der Waals surface area contributed by atoms with Gasteiger partial charge < -0.3 is 19.8 Å². The summed E-state index contributed by atoms with van der Waals surface area (Å²) in [6.07, 6.45) is 44.6. The molecule has 1 amide bonds. The van der Waals surface area contributed by atoms with Crippen LogP contribution in [0.2, 0.25) is 0 Å². The second-order valence-electron chi connectivity index (χ2n) is 15.7. The molecule has 310 valence electrons. The number of carbonyl (C=O) groups excluding carboxylic acids is 1. The monoisotopic (exact) mass is 768 g/mol. The lowest BCUT2D eigenvalue weighted by molar-refractivity contribution is -0.870. The fourth-order valence-electron chi connectivity index (χ4n) is 5.79. The number of phosphoric ester groups is 1. The van der Waals surface area contributed by atoms with Crippen molar-refractivity contribution < 1.29 is 32.9 Å². The molecule has 0 aliphatic rings. The zero-order valence-corrected chi connectivity index (χ0v) is 35.9. The summed E-state index contributed by atoms with van der Waals surface area (Å²) in [5, 5.41) is 13.8. The van der Waals surface area contributed by atoms with Crippen LogP contribution in [0.25, 0.3) is 0 Å². The van der Waals surface area contributed by atoms with Crippen LogP contribution in [0.3, 0.4) is 0 Å². The third-order valence-corrected chi connectivity index (χ3v) is 10.3. The number of quaternary nitrogens is 1. The molecule has 0 aromatic rings. The van der Waals surface area contributed by atoms with Gasteiger partial charge in [0, 0.05) is 6.42 Å². The van der Waals surface area contributed by atoms with E-state index in [2.05, 4.69) is 55.6 Å². The predicted molar refractivity (Wildman–Crippen MR) is 226 cm³/mol. The van der Waals surface area contributed by atoms with E-state index >= 15 is 0 Å². The minimum Gasteiger partial charge on any atom is -0.387 e. The number of likely N-dealkylation sites (N-methyl/N-ethyl adjacent to an activating group) is 1. The van der Waals surface area contributed by atoms with Gasteiger partial charge in [-0.25, -0.2) is 4.57 Å². The van der Waals surface area contributed by atoms with Crippen molar-refractivity contribution in [2.24, 2.45) is 0 Å². The minimum absolute atomic E-state index is 0.0519. The van der Waals surface area contributed by atoms with Crippen molar-refractivity contribution in [2.45, 2.75) is 187 Å². The van der Waals surface area contributed by atoms with Crippen molar-refractivity contribution >= 4 is 13.7 Å². The Labute approximate surface area is 327 Å². The minimum atomic E-state index is -4.35. The van der Waals surface area contributed by atoms with Gasteiger partial charge in [-0.15, -0.1) is 0 Å². The highest BCUT2D eigenvalue weighted by molar-refractivity contribution is 7.47. The Balaban J connectivity index is 4.55. The summed E-state index contributed by atoms with van der Waals surface area (Å²) >= 11 is 0. The first kappa shape index (κ1) is 51.5. The first-order valence-electron chi connectivity index (χ1n) is 21.5. The first-order chi connectivity index (χ1) is 25.5. The van der Waals surface area contributed by atoms with Gasteiger partial charge in [-0.1, -0.05) is 152 Å². The molecule has 9 heteroatoms. The smallest absolute Gasteiger partial charge is 0.387 e. The summed E-state index contributed by atoms with van der Waals surface area (Å²) in [6.45, 7) is 4.74. The number of amides is 1. The number of nitrogens with one attached hydrogen (secondary N) is 1. The molecular weight excluding hydrogens is 683 g/mol. The summed E-state index contributed by atoms with van der Waals surface area (Å²) in [6, 6.07) is -0.869. The molecule has 0 aromatic heterocycles. The van der Waals surface area contributed by atoms with Crippen molar-refractivity contribution in [1.82, 2.24) is 5.32 Å². The van der Waals surface area contributed by atoms with Crippen LogP contribution in [0.15, 0.2) is 48.6 Å². The van der Waals surface area contributed by atoms with E-state index in [1.54, 1.807) is 6.08 Å². The molecule has 8 nitrogen and oxygen atoms in total. The number of rotatable bonds is 38. The number of hydrogen-bond acceptors (Lipinski definition) is 5. The molecular formula is C44H84N2O6P+. The van der Waals surface area contributed by atoms with E-state index in [0.29, 0.717) is 17.4 Å². The zero-order valence-electron chi connectivity index (χ0n) is 35.0. The molecule has 53 heavy (non-hydrogen) atoms. The second kappa shape index (κ2) is 36.1. The summed E-state index contributed by atoms with van der Waals surface area (Å²) in [4.78, 5) is 23.1. The molecule has 0 fully saturated rings. The number of aliphatic hydroxyl groups is 1. The van der Waals surface area contributed by atoms with Crippen molar-refractivity contribution in [3.63, 3.8) is 0 Å². The van der Waals surface area contributed by atoms with Crippen LogP contribution >= 0.6 is 7.82 Å². The van der Waals surface area contributed by atoms with Gasteiger partial charge >= 0.3 is 7.82 Å². The average molecular weight is 768 g/mol. The number of aliphatic hydroxyl groups excluding tert-OH is 1. The van der Waals surface area contributed by atoms with E-state index in [0.717, 1.165) is 64.2 Å². The normalized spacial score (nSPS) is 14.9. The Bertz CT molecular complexity index is 1010. The molecule has 0 saturated heterocycles. The summed E-state index contributed by atoms with van der Waals surface area (Å²) in [7, 11) is 1.54. The highest BCUT2D eigenvalue weighted by Gasteiger charge is 2.27. The third kappa shape index (κ3) is 38.5. The van der Waals surface area contributed by atoms with Gasteiger partial charge in [-0.05, 0) is 64.2 Å². The molecule has 1 unspecified atom stereocenters. The van der Waals surface area contributed by atoms with Crippen LogP contribution in [0.1, 0.15) is 174 Å². The van der Waals surface area contributed by atoms with Crippen LogP contribution in [0.5, 0.6) is 0 Å². The average Bonchev–Trinajstić information content (AvgIpc) is 3.10. The number of nitrogens with zero attached hydrogens (tertiary/aromatic N) is 1. The Kier molecular flexibility index (Phi) is 35.1. The molecule has 0 saturated carbocycles. The van der Waals surface area contributed by atoms with Crippen LogP contribution in [0.4, 0.5) is 0 Å². The largest absolute Gasteiger partial charge is 0.472 e. The molecule has 0 rings (SSSR count). The molecule has 0 bridgehead atoms. The van der Waals surface area contributed by atoms with Crippen LogP contribution < -0.4 is 5.32 Å². The van der Waals surface area contributed by atoms with Crippen molar-refractivity contribution in [1.29, 1.82) is 0 Å². The lowest BCUT2D eigenvalue weighted by Crippen LogP contribution is -2.45. The fourth-order valence-corrected chi connectivity index (χ4v) is 6.53. The maximum Gasteiger partial charge on any atom is 0.472 e. The van der Waals surface area contributed by atoms with Gasteiger partial charge in [0.05, 0.1) is 39.9 Å². The maximum absolute atomic E-state index is 12.8. The lowest BCUT2D eigenvalue weighted by Gasteiger charge is -2.25. The maximum atomic E-state index is 12.8. The Morgan fingerprint density at radius 1 is 0.642 bits per heavy atom. The Morgan fingerprint density at radius 3 is 1.66 bits per heavy atom. The van der Waals surface area contributed by atoms with Crippen LogP contribution in [-0.2, 0) is 18.4 Å². The van der Waals surface area contributed by atoms with Crippen molar-refractivity contribution in [2.75, 3.05) is 40.9 Å². The predicted octanol–water partition coefficient (Wildman–Crippen LogP) is 11.7. The second-order valence-corrected chi connectivity index (χ2v) is 17.2. The highest BCUT2D eigenvalue weighted by Crippen LogP contribution is 2.43. The summed E-state index contributed by atoms with van der Waals surface area (Å²) < 4.78 is 23.5. The lowest BCUT2D eigenvalue weighted by atomic mass is 10.1.